The maximum absolute atomic E-state index is 12.0. The second-order valence-corrected chi connectivity index (χ2v) is 3.22. The van der Waals surface area contributed by atoms with Crippen molar-refractivity contribution in [1.82, 2.24) is 10.6 Å². The summed E-state index contributed by atoms with van der Waals surface area (Å²) in [4.78, 5) is 0. The molecule has 0 aromatic heterocycles. The van der Waals surface area contributed by atoms with Crippen molar-refractivity contribution in [2.75, 3.05) is 0 Å². The lowest BCUT2D eigenvalue weighted by atomic mass is 10.1. The van der Waals surface area contributed by atoms with Crippen molar-refractivity contribution in [2.24, 2.45) is 0 Å². The largest absolute Gasteiger partial charge is 0.573 e. The van der Waals surface area contributed by atoms with Crippen LogP contribution in [-0.4, -0.2) is 6.36 Å². The van der Waals surface area contributed by atoms with Gasteiger partial charge in [-0.3, -0.25) is 0 Å². The molecule has 0 aliphatic carbocycles. The first-order chi connectivity index (χ1) is 7.54. The Hall–Kier alpha value is -1.85. The number of hydrogen-bond donors (Lipinski definition) is 2. The maximum atomic E-state index is 12.0. The summed E-state index contributed by atoms with van der Waals surface area (Å²) >= 11 is 0. The maximum Gasteiger partial charge on any atom is 0.573 e. The normalized spacial score (nSPS) is 15.7. The van der Waals surface area contributed by atoms with Crippen LogP contribution in [0.1, 0.15) is 11.7 Å². The minimum absolute atomic E-state index is 0.211. The van der Waals surface area contributed by atoms with E-state index in [2.05, 4.69) is 15.4 Å². The number of halogens is 3. The smallest absolute Gasteiger partial charge is 0.406 e. The van der Waals surface area contributed by atoms with Crippen molar-refractivity contribution >= 4 is 0 Å². The van der Waals surface area contributed by atoms with Crippen LogP contribution >= 0.6 is 0 Å². The van der Waals surface area contributed by atoms with Gasteiger partial charge in [-0.2, -0.15) is 0 Å². The molecule has 0 spiro atoms. The van der Waals surface area contributed by atoms with E-state index in [1.54, 1.807) is 18.5 Å². The second kappa shape index (κ2) is 3.96. The van der Waals surface area contributed by atoms with E-state index in [1.165, 1.54) is 18.2 Å². The summed E-state index contributed by atoms with van der Waals surface area (Å²) in [6, 6.07) is 5.82. The Balaban J connectivity index is 2.13. The number of benzene rings is 1. The van der Waals surface area contributed by atoms with E-state index in [-0.39, 0.29) is 11.9 Å². The van der Waals surface area contributed by atoms with Gasteiger partial charge in [0.25, 0.3) is 0 Å². The molecule has 0 bridgehead atoms. The van der Waals surface area contributed by atoms with Gasteiger partial charge >= 0.3 is 6.36 Å². The summed E-state index contributed by atoms with van der Waals surface area (Å²) in [6.45, 7) is 0. The van der Waals surface area contributed by atoms with Crippen LogP contribution < -0.4 is 15.4 Å². The molecule has 16 heavy (non-hydrogen) atoms. The van der Waals surface area contributed by atoms with Crippen molar-refractivity contribution in [2.45, 2.75) is 12.5 Å². The highest BCUT2D eigenvalue weighted by Crippen LogP contribution is 2.25. The van der Waals surface area contributed by atoms with Crippen LogP contribution in [-0.2, 0) is 0 Å². The molecule has 1 aliphatic heterocycles. The van der Waals surface area contributed by atoms with Crippen LogP contribution in [0.5, 0.6) is 5.75 Å². The third-order valence-corrected chi connectivity index (χ3v) is 2.03. The van der Waals surface area contributed by atoms with Crippen molar-refractivity contribution in [3.8, 4) is 5.75 Å². The van der Waals surface area contributed by atoms with Crippen LogP contribution in [0.2, 0.25) is 0 Å². The number of rotatable bonds is 2. The molecule has 0 radical (unpaired) electrons. The summed E-state index contributed by atoms with van der Waals surface area (Å²) in [5, 5.41) is 5.87. The Kier molecular flexibility index (Phi) is 2.64. The predicted octanol–water partition coefficient (Wildman–Crippen LogP) is 2.25. The third kappa shape index (κ3) is 2.59. The highest BCUT2D eigenvalue weighted by molar-refractivity contribution is 5.31. The zero-order valence-corrected chi connectivity index (χ0v) is 8.08. The van der Waals surface area contributed by atoms with E-state index in [0.29, 0.717) is 5.56 Å². The van der Waals surface area contributed by atoms with Crippen molar-refractivity contribution in [1.29, 1.82) is 0 Å². The highest BCUT2D eigenvalue weighted by Gasteiger charge is 2.31. The molecule has 0 unspecified atom stereocenters. The van der Waals surface area contributed by atoms with Gasteiger partial charge in [0.15, 0.2) is 0 Å². The molecule has 0 fully saturated rings. The molecule has 1 heterocycles. The Morgan fingerprint density at radius 3 is 2.44 bits per heavy atom. The average molecular weight is 230 g/mol. The topological polar surface area (TPSA) is 33.3 Å². The zero-order valence-electron chi connectivity index (χ0n) is 8.08. The van der Waals surface area contributed by atoms with Gasteiger partial charge in [0.2, 0.25) is 0 Å². The second-order valence-electron chi connectivity index (χ2n) is 3.22. The molecule has 86 valence electrons. The Morgan fingerprint density at radius 2 is 1.81 bits per heavy atom. The minimum atomic E-state index is -4.66. The number of ether oxygens (including phenoxy) is 1. The molecule has 0 atom stereocenters. The van der Waals surface area contributed by atoms with Crippen LogP contribution in [0.3, 0.4) is 0 Å². The van der Waals surface area contributed by atoms with Gasteiger partial charge in [0, 0.05) is 12.4 Å². The molecule has 0 saturated heterocycles. The monoisotopic (exact) mass is 230 g/mol. The van der Waals surface area contributed by atoms with Gasteiger partial charge in [0.1, 0.15) is 11.9 Å². The molecule has 1 aliphatic rings. The van der Waals surface area contributed by atoms with E-state index in [4.69, 9.17) is 0 Å². The first kappa shape index (κ1) is 10.7. The van der Waals surface area contributed by atoms with Gasteiger partial charge in [0.05, 0.1) is 0 Å². The highest BCUT2D eigenvalue weighted by atomic mass is 19.4. The Labute approximate surface area is 89.9 Å². The van der Waals surface area contributed by atoms with Gasteiger partial charge in [-0.05, 0) is 17.7 Å². The minimum Gasteiger partial charge on any atom is -0.406 e. The lowest BCUT2D eigenvalue weighted by Crippen LogP contribution is -2.21. The molecule has 6 heteroatoms. The molecule has 1 aromatic carbocycles. The standard InChI is InChI=1S/C10H9F3N2O/c11-10(12,13)16-8-3-1-2-7(6-8)9-14-4-5-15-9/h1-6,9,14-15H. The molecular formula is C10H9F3N2O. The lowest BCUT2D eigenvalue weighted by Gasteiger charge is -2.14. The summed E-state index contributed by atoms with van der Waals surface area (Å²) in [6.07, 6.45) is -1.51. The summed E-state index contributed by atoms with van der Waals surface area (Å²) in [7, 11) is 0. The van der Waals surface area contributed by atoms with Crippen LogP contribution in [0.15, 0.2) is 36.7 Å². The first-order valence-electron chi connectivity index (χ1n) is 4.57. The van der Waals surface area contributed by atoms with Crippen molar-refractivity contribution < 1.29 is 17.9 Å². The van der Waals surface area contributed by atoms with Crippen molar-refractivity contribution in [3.05, 3.63) is 42.2 Å². The number of alkyl halides is 3. The molecule has 2 N–H and O–H groups in total. The van der Waals surface area contributed by atoms with Gasteiger partial charge < -0.3 is 15.4 Å². The van der Waals surface area contributed by atoms with Gasteiger partial charge in [-0.15, -0.1) is 13.2 Å². The molecule has 1 aromatic rings. The number of nitrogens with one attached hydrogen (secondary N) is 2. The molecule has 0 amide bonds. The van der Waals surface area contributed by atoms with Crippen LogP contribution in [0.25, 0.3) is 0 Å². The van der Waals surface area contributed by atoms with Crippen LogP contribution in [0.4, 0.5) is 13.2 Å². The van der Waals surface area contributed by atoms with E-state index in [9.17, 15) is 13.2 Å². The fraction of sp³-hybridized carbons (Fsp3) is 0.200. The summed E-state index contributed by atoms with van der Waals surface area (Å²) < 4.78 is 39.8. The molecule has 3 nitrogen and oxygen atoms in total. The van der Waals surface area contributed by atoms with E-state index >= 15 is 0 Å². The zero-order chi connectivity index (χ0) is 11.6. The molecular weight excluding hydrogens is 221 g/mol. The molecule has 0 saturated carbocycles. The quantitative estimate of drug-likeness (QED) is 0.817. The van der Waals surface area contributed by atoms with Gasteiger partial charge in [-0.25, -0.2) is 0 Å². The predicted molar refractivity (Wildman–Crippen MR) is 51.3 cm³/mol. The Bertz CT molecular complexity index is 395. The van der Waals surface area contributed by atoms with Gasteiger partial charge in [-0.1, -0.05) is 12.1 Å². The third-order valence-electron chi connectivity index (χ3n) is 2.03. The van der Waals surface area contributed by atoms with Crippen molar-refractivity contribution in [3.63, 3.8) is 0 Å². The Morgan fingerprint density at radius 1 is 1.12 bits per heavy atom. The van der Waals surface area contributed by atoms with E-state index in [1.807, 2.05) is 0 Å². The fourth-order valence-corrected chi connectivity index (χ4v) is 1.42. The summed E-state index contributed by atoms with van der Waals surface area (Å²) in [5.41, 5.74) is 0.673. The van der Waals surface area contributed by atoms with E-state index < -0.39 is 6.36 Å². The summed E-state index contributed by atoms with van der Waals surface area (Å²) in [5.74, 6) is -0.222. The van der Waals surface area contributed by atoms with E-state index in [0.717, 1.165) is 0 Å². The number of hydrogen-bond acceptors (Lipinski definition) is 3. The lowest BCUT2D eigenvalue weighted by molar-refractivity contribution is -0.274. The van der Waals surface area contributed by atoms with Crippen LogP contribution in [0, 0.1) is 0 Å². The fourth-order valence-electron chi connectivity index (χ4n) is 1.42. The molecule has 2 rings (SSSR count). The SMILES string of the molecule is FC(F)(F)Oc1cccc(C2NC=CN2)c1. The first-order valence-corrected chi connectivity index (χ1v) is 4.57. The average Bonchev–Trinajstić information content (AvgIpc) is 2.68.